The van der Waals surface area contributed by atoms with Gasteiger partial charge in [-0.3, -0.25) is 4.40 Å². The molecule has 94 valence electrons. The first-order chi connectivity index (χ1) is 9.15. The maximum Gasteiger partial charge on any atom is 0.335 e. The molecule has 0 fully saturated rings. The molecule has 4 nitrogen and oxygen atoms in total. The Balaban J connectivity index is 2.18. The van der Waals surface area contributed by atoms with Crippen molar-refractivity contribution < 1.29 is 9.90 Å². The Bertz CT molecular complexity index is 780. The Morgan fingerprint density at radius 3 is 2.84 bits per heavy atom. The van der Waals surface area contributed by atoms with Gasteiger partial charge in [0.2, 0.25) is 0 Å². The lowest BCUT2D eigenvalue weighted by Crippen LogP contribution is -1.97. The predicted octanol–water partition coefficient (Wildman–Crippen LogP) is 3.46. The average molecular weight is 317 g/mol. The number of fused-ring (bicyclic) bond motifs is 1. The number of rotatable bonds is 2. The first kappa shape index (κ1) is 11.9. The van der Waals surface area contributed by atoms with E-state index in [4.69, 9.17) is 5.11 Å². The fourth-order valence-electron chi connectivity index (χ4n) is 1.97. The van der Waals surface area contributed by atoms with Crippen LogP contribution in [0.25, 0.3) is 16.9 Å². The number of halogens is 1. The lowest BCUT2D eigenvalue weighted by molar-refractivity contribution is 0.0697. The summed E-state index contributed by atoms with van der Waals surface area (Å²) >= 11 is 3.43. The van der Waals surface area contributed by atoms with Gasteiger partial charge in [-0.1, -0.05) is 28.1 Å². The van der Waals surface area contributed by atoms with Gasteiger partial charge in [-0.25, -0.2) is 9.78 Å². The Kier molecular flexibility index (Phi) is 2.83. The number of hydrogen-bond acceptors (Lipinski definition) is 2. The molecule has 3 rings (SSSR count). The van der Waals surface area contributed by atoms with E-state index in [9.17, 15) is 4.79 Å². The van der Waals surface area contributed by atoms with Crippen LogP contribution in [0.5, 0.6) is 0 Å². The number of pyridine rings is 1. The standard InChI is InChI=1S/C14H9BrN2O2/c15-11-3-1-2-9(6-11)13-16-8-12-7-10(14(18)19)4-5-17(12)13/h1-8H,(H,18,19). The third kappa shape index (κ3) is 2.13. The van der Waals surface area contributed by atoms with E-state index >= 15 is 0 Å². The van der Waals surface area contributed by atoms with Crippen molar-refractivity contribution in [2.75, 3.05) is 0 Å². The lowest BCUT2D eigenvalue weighted by Gasteiger charge is -2.03. The number of imidazole rings is 1. The predicted molar refractivity (Wildman–Crippen MR) is 75.3 cm³/mol. The molecule has 5 heteroatoms. The topological polar surface area (TPSA) is 54.6 Å². The van der Waals surface area contributed by atoms with Gasteiger partial charge in [0.25, 0.3) is 0 Å². The minimum Gasteiger partial charge on any atom is -0.478 e. The maximum atomic E-state index is 10.9. The number of carboxylic acids is 1. The summed E-state index contributed by atoms with van der Waals surface area (Å²) in [4.78, 5) is 15.3. The molecular formula is C14H9BrN2O2. The van der Waals surface area contributed by atoms with Crippen LogP contribution < -0.4 is 0 Å². The van der Waals surface area contributed by atoms with E-state index in [1.54, 1.807) is 24.5 Å². The van der Waals surface area contributed by atoms with E-state index < -0.39 is 5.97 Å². The minimum absolute atomic E-state index is 0.258. The van der Waals surface area contributed by atoms with Gasteiger partial charge in [0.15, 0.2) is 0 Å². The second kappa shape index (κ2) is 4.51. The summed E-state index contributed by atoms with van der Waals surface area (Å²) in [5.74, 6) is -0.152. The van der Waals surface area contributed by atoms with Crippen molar-refractivity contribution in [2.24, 2.45) is 0 Å². The molecule has 3 aromatic rings. The molecule has 0 amide bonds. The van der Waals surface area contributed by atoms with Crippen LogP contribution in [0.15, 0.2) is 53.3 Å². The van der Waals surface area contributed by atoms with Crippen molar-refractivity contribution in [3.63, 3.8) is 0 Å². The lowest BCUT2D eigenvalue weighted by atomic mass is 10.2. The number of hydrogen-bond donors (Lipinski definition) is 1. The molecular weight excluding hydrogens is 308 g/mol. The quantitative estimate of drug-likeness (QED) is 0.787. The Hall–Kier alpha value is -2.14. The molecule has 0 unspecified atom stereocenters. The highest BCUT2D eigenvalue weighted by molar-refractivity contribution is 9.10. The van der Waals surface area contributed by atoms with Gasteiger partial charge < -0.3 is 5.11 Å². The number of carbonyl (C=O) groups is 1. The zero-order valence-corrected chi connectivity index (χ0v) is 11.3. The second-order valence-electron chi connectivity index (χ2n) is 4.11. The molecule has 0 aliphatic rings. The minimum atomic E-state index is -0.937. The van der Waals surface area contributed by atoms with Gasteiger partial charge in [0.1, 0.15) is 5.82 Å². The fraction of sp³-hybridized carbons (Fsp3) is 0. The van der Waals surface area contributed by atoms with E-state index in [1.165, 1.54) is 0 Å². The van der Waals surface area contributed by atoms with Gasteiger partial charge >= 0.3 is 5.97 Å². The van der Waals surface area contributed by atoms with Crippen LogP contribution in [-0.2, 0) is 0 Å². The number of nitrogens with zero attached hydrogens (tertiary/aromatic N) is 2. The molecule has 2 aromatic heterocycles. The average Bonchev–Trinajstić information content (AvgIpc) is 2.81. The summed E-state index contributed by atoms with van der Waals surface area (Å²) in [5, 5.41) is 8.97. The summed E-state index contributed by atoms with van der Waals surface area (Å²) in [6.07, 6.45) is 3.39. The smallest absolute Gasteiger partial charge is 0.335 e. The van der Waals surface area contributed by atoms with Gasteiger partial charge in [-0.15, -0.1) is 0 Å². The molecule has 0 saturated heterocycles. The molecule has 1 N–H and O–H groups in total. The highest BCUT2D eigenvalue weighted by Gasteiger charge is 2.09. The SMILES string of the molecule is O=C(O)c1ccn2c(-c3cccc(Br)c3)ncc2c1. The Morgan fingerprint density at radius 2 is 2.11 bits per heavy atom. The zero-order valence-electron chi connectivity index (χ0n) is 9.75. The molecule has 2 heterocycles. The van der Waals surface area contributed by atoms with Crippen LogP contribution in [-0.4, -0.2) is 20.5 Å². The number of aromatic carboxylic acids is 1. The van der Waals surface area contributed by atoms with Crippen LogP contribution in [0.1, 0.15) is 10.4 Å². The highest BCUT2D eigenvalue weighted by atomic mass is 79.9. The van der Waals surface area contributed by atoms with E-state index in [0.29, 0.717) is 0 Å². The van der Waals surface area contributed by atoms with Crippen molar-refractivity contribution in [3.05, 3.63) is 58.8 Å². The maximum absolute atomic E-state index is 10.9. The Morgan fingerprint density at radius 1 is 1.26 bits per heavy atom. The van der Waals surface area contributed by atoms with Gasteiger partial charge in [-0.2, -0.15) is 0 Å². The summed E-state index contributed by atoms with van der Waals surface area (Å²) < 4.78 is 2.85. The normalized spacial score (nSPS) is 10.8. The Labute approximate surface area is 117 Å². The molecule has 0 atom stereocenters. The fourth-order valence-corrected chi connectivity index (χ4v) is 2.37. The van der Waals surface area contributed by atoms with Crippen molar-refractivity contribution in [1.82, 2.24) is 9.38 Å². The third-order valence-corrected chi connectivity index (χ3v) is 3.36. The van der Waals surface area contributed by atoms with Gasteiger partial charge in [-0.05, 0) is 24.3 Å². The highest BCUT2D eigenvalue weighted by Crippen LogP contribution is 2.23. The van der Waals surface area contributed by atoms with E-state index in [2.05, 4.69) is 20.9 Å². The molecule has 1 aromatic carbocycles. The van der Waals surface area contributed by atoms with Crippen LogP contribution >= 0.6 is 15.9 Å². The summed E-state index contributed by atoms with van der Waals surface area (Å²) in [6, 6.07) is 11.0. The molecule has 0 aliphatic carbocycles. The first-order valence-electron chi connectivity index (χ1n) is 5.61. The first-order valence-corrected chi connectivity index (χ1v) is 6.41. The second-order valence-corrected chi connectivity index (χ2v) is 5.02. The van der Waals surface area contributed by atoms with Gasteiger partial charge in [0, 0.05) is 16.2 Å². The molecule has 0 bridgehead atoms. The number of benzene rings is 1. The van der Waals surface area contributed by atoms with E-state index in [-0.39, 0.29) is 5.56 Å². The van der Waals surface area contributed by atoms with Crippen LogP contribution in [0, 0.1) is 0 Å². The largest absolute Gasteiger partial charge is 0.478 e. The summed E-state index contributed by atoms with van der Waals surface area (Å²) in [5.41, 5.74) is 1.99. The molecule has 0 aliphatic heterocycles. The molecule has 0 saturated carbocycles. The van der Waals surface area contributed by atoms with Crippen LogP contribution in [0.4, 0.5) is 0 Å². The monoisotopic (exact) mass is 316 g/mol. The number of aromatic nitrogens is 2. The number of carboxylic acid groups (broad SMARTS) is 1. The van der Waals surface area contributed by atoms with Crippen molar-refractivity contribution >= 4 is 27.4 Å². The van der Waals surface area contributed by atoms with Crippen molar-refractivity contribution in [1.29, 1.82) is 0 Å². The van der Waals surface area contributed by atoms with E-state index in [0.717, 1.165) is 21.4 Å². The summed E-state index contributed by atoms with van der Waals surface area (Å²) in [6.45, 7) is 0. The third-order valence-electron chi connectivity index (χ3n) is 2.86. The van der Waals surface area contributed by atoms with Crippen molar-refractivity contribution in [3.8, 4) is 11.4 Å². The molecule has 19 heavy (non-hydrogen) atoms. The van der Waals surface area contributed by atoms with Crippen LogP contribution in [0.3, 0.4) is 0 Å². The van der Waals surface area contributed by atoms with Crippen molar-refractivity contribution in [2.45, 2.75) is 0 Å². The zero-order chi connectivity index (χ0) is 13.4. The molecule has 0 radical (unpaired) electrons. The summed E-state index contributed by atoms with van der Waals surface area (Å²) in [7, 11) is 0. The van der Waals surface area contributed by atoms with E-state index in [1.807, 2.05) is 28.7 Å². The van der Waals surface area contributed by atoms with Gasteiger partial charge in [0.05, 0.1) is 17.3 Å². The van der Waals surface area contributed by atoms with Crippen LogP contribution in [0.2, 0.25) is 0 Å². The molecule has 0 spiro atoms.